The first kappa shape index (κ1) is 16.3. The molecule has 1 aromatic rings. The Balaban J connectivity index is 2.29. The zero-order valence-corrected chi connectivity index (χ0v) is 13.1. The number of aromatic nitrogens is 2. The Morgan fingerprint density at radius 1 is 1.52 bits per heavy atom. The molecule has 0 saturated carbocycles. The zero-order chi connectivity index (χ0) is 15.6. The standard InChI is InChI=1S/C13H20N2O5S/c1-13(2,19-3)20-9-6-8(7-16)21-11(9)15-5-4-10(17)14-12(15)18/h4-5,8-9,11,16H,6-7H2,1-3H3,(H,14,17,18)/t8-,9+,11+/m0/s1. The first-order valence-electron chi connectivity index (χ1n) is 6.67. The van der Waals surface area contributed by atoms with Crippen LogP contribution in [-0.4, -0.2) is 45.5 Å². The summed E-state index contributed by atoms with van der Waals surface area (Å²) in [4.78, 5) is 25.4. The number of nitrogens with zero attached hydrogens (tertiary/aromatic N) is 1. The lowest BCUT2D eigenvalue weighted by Crippen LogP contribution is -2.38. The van der Waals surface area contributed by atoms with Gasteiger partial charge >= 0.3 is 5.69 Å². The van der Waals surface area contributed by atoms with Gasteiger partial charge in [0.25, 0.3) is 5.56 Å². The summed E-state index contributed by atoms with van der Waals surface area (Å²) >= 11 is 1.45. The van der Waals surface area contributed by atoms with Gasteiger partial charge in [-0.25, -0.2) is 4.79 Å². The molecule has 0 aliphatic carbocycles. The predicted molar refractivity (Wildman–Crippen MR) is 79.4 cm³/mol. The van der Waals surface area contributed by atoms with E-state index in [1.165, 1.54) is 28.6 Å². The van der Waals surface area contributed by atoms with Crippen molar-refractivity contribution in [1.82, 2.24) is 9.55 Å². The Labute approximate surface area is 126 Å². The van der Waals surface area contributed by atoms with Gasteiger partial charge < -0.3 is 14.6 Å². The number of H-pyrrole nitrogens is 1. The van der Waals surface area contributed by atoms with Crippen LogP contribution >= 0.6 is 11.8 Å². The lowest BCUT2D eigenvalue weighted by molar-refractivity contribution is -0.226. The summed E-state index contributed by atoms with van der Waals surface area (Å²) in [6.45, 7) is 3.58. The first-order chi connectivity index (χ1) is 9.86. The van der Waals surface area contributed by atoms with Gasteiger partial charge in [-0.15, -0.1) is 11.8 Å². The lowest BCUT2D eigenvalue weighted by Gasteiger charge is -2.30. The highest BCUT2D eigenvalue weighted by atomic mass is 32.2. The number of aliphatic hydroxyl groups excluding tert-OH is 1. The number of nitrogens with one attached hydrogen (secondary N) is 1. The number of aromatic amines is 1. The molecule has 3 atom stereocenters. The quantitative estimate of drug-likeness (QED) is 0.759. The third-order valence-corrected chi connectivity index (χ3v) is 4.94. The van der Waals surface area contributed by atoms with Crippen molar-refractivity contribution in [3.63, 3.8) is 0 Å². The summed E-state index contributed by atoms with van der Waals surface area (Å²) < 4.78 is 12.6. The normalized spacial score (nSPS) is 26.2. The van der Waals surface area contributed by atoms with Gasteiger partial charge in [-0.3, -0.25) is 14.3 Å². The summed E-state index contributed by atoms with van der Waals surface area (Å²) in [6, 6.07) is 1.30. The van der Waals surface area contributed by atoms with Crippen LogP contribution in [0, 0.1) is 0 Å². The molecule has 1 saturated heterocycles. The molecule has 1 aliphatic heterocycles. The Kier molecular flexibility index (Phi) is 4.92. The molecule has 0 aromatic carbocycles. The van der Waals surface area contributed by atoms with E-state index in [0.717, 1.165) is 0 Å². The summed E-state index contributed by atoms with van der Waals surface area (Å²) in [7, 11) is 1.55. The van der Waals surface area contributed by atoms with Gasteiger partial charge in [0.05, 0.1) is 12.7 Å². The van der Waals surface area contributed by atoms with Crippen LogP contribution < -0.4 is 11.2 Å². The molecule has 1 aliphatic rings. The van der Waals surface area contributed by atoms with Gasteiger partial charge in [-0.05, 0) is 20.3 Å². The highest BCUT2D eigenvalue weighted by Crippen LogP contribution is 2.43. The third kappa shape index (κ3) is 3.76. The minimum Gasteiger partial charge on any atom is -0.395 e. The van der Waals surface area contributed by atoms with E-state index in [2.05, 4.69) is 4.98 Å². The number of aliphatic hydroxyl groups is 1. The summed E-state index contributed by atoms with van der Waals surface area (Å²) in [6.07, 6.45) is 1.75. The van der Waals surface area contributed by atoms with Crippen LogP contribution in [0.4, 0.5) is 0 Å². The highest BCUT2D eigenvalue weighted by Gasteiger charge is 2.40. The monoisotopic (exact) mass is 316 g/mol. The Bertz CT molecular complexity index is 597. The maximum atomic E-state index is 11.9. The van der Waals surface area contributed by atoms with Gasteiger partial charge in [0.2, 0.25) is 0 Å². The molecule has 2 rings (SSSR count). The van der Waals surface area contributed by atoms with Crippen molar-refractivity contribution in [3.8, 4) is 0 Å². The highest BCUT2D eigenvalue weighted by molar-refractivity contribution is 8.00. The van der Waals surface area contributed by atoms with Crippen LogP contribution in [0.3, 0.4) is 0 Å². The molecule has 0 unspecified atom stereocenters. The summed E-state index contributed by atoms with van der Waals surface area (Å²) in [5.74, 6) is -0.792. The van der Waals surface area contributed by atoms with E-state index in [1.54, 1.807) is 21.0 Å². The molecular weight excluding hydrogens is 296 g/mol. The second-order valence-electron chi connectivity index (χ2n) is 5.34. The predicted octanol–water partition coefficient (Wildman–Crippen LogP) is 0.301. The van der Waals surface area contributed by atoms with Crippen molar-refractivity contribution in [2.75, 3.05) is 13.7 Å². The van der Waals surface area contributed by atoms with Crippen LogP contribution in [0.15, 0.2) is 21.9 Å². The smallest absolute Gasteiger partial charge is 0.329 e. The van der Waals surface area contributed by atoms with Gasteiger partial charge in [0.15, 0.2) is 5.79 Å². The van der Waals surface area contributed by atoms with Crippen molar-refractivity contribution in [2.24, 2.45) is 0 Å². The molecule has 0 bridgehead atoms. The molecule has 118 valence electrons. The number of hydrogen-bond acceptors (Lipinski definition) is 6. The fourth-order valence-electron chi connectivity index (χ4n) is 2.22. The van der Waals surface area contributed by atoms with E-state index >= 15 is 0 Å². The van der Waals surface area contributed by atoms with Crippen LogP contribution in [0.25, 0.3) is 0 Å². The summed E-state index contributed by atoms with van der Waals surface area (Å²) in [5.41, 5.74) is -0.921. The molecule has 2 N–H and O–H groups in total. The average molecular weight is 316 g/mol. The number of rotatable bonds is 5. The number of thioether (sulfide) groups is 1. The Hall–Kier alpha value is -1.09. The van der Waals surface area contributed by atoms with Gasteiger partial charge in [-0.1, -0.05) is 0 Å². The molecule has 8 heteroatoms. The molecular formula is C13H20N2O5S. The Morgan fingerprint density at radius 2 is 2.24 bits per heavy atom. The summed E-state index contributed by atoms with van der Waals surface area (Å²) in [5, 5.41) is 9.02. The number of ether oxygens (including phenoxy) is 2. The van der Waals surface area contributed by atoms with E-state index < -0.39 is 17.0 Å². The first-order valence-corrected chi connectivity index (χ1v) is 7.61. The van der Waals surface area contributed by atoms with E-state index in [-0.39, 0.29) is 23.3 Å². The molecule has 0 radical (unpaired) electrons. The van der Waals surface area contributed by atoms with Gasteiger partial charge in [0, 0.05) is 24.6 Å². The zero-order valence-electron chi connectivity index (χ0n) is 12.2. The fourth-order valence-corrected chi connectivity index (χ4v) is 3.65. The molecule has 0 amide bonds. The van der Waals surface area contributed by atoms with Gasteiger partial charge in [-0.2, -0.15) is 0 Å². The molecule has 7 nitrogen and oxygen atoms in total. The largest absolute Gasteiger partial charge is 0.395 e. The van der Waals surface area contributed by atoms with Crippen LogP contribution in [0.1, 0.15) is 25.6 Å². The second-order valence-corrected chi connectivity index (χ2v) is 6.77. The van der Waals surface area contributed by atoms with Crippen molar-refractivity contribution in [1.29, 1.82) is 0 Å². The van der Waals surface area contributed by atoms with Crippen LogP contribution in [0.5, 0.6) is 0 Å². The lowest BCUT2D eigenvalue weighted by atomic mass is 10.2. The average Bonchev–Trinajstić information content (AvgIpc) is 2.81. The number of methoxy groups -OCH3 is 1. The molecule has 2 heterocycles. The van der Waals surface area contributed by atoms with Crippen molar-refractivity contribution >= 4 is 11.8 Å². The second kappa shape index (κ2) is 6.35. The molecule has 21 heavy (non-hydrogen) atoms. The minimum atomic E-state index is -0.792. The van der Waals surface area contributed by atoms with Crippen molar-refractivity contribution in [3.05, 3.63) is 33.1 Å². The van der Waals surface area contributed by atoms with E-state index in [1.807, 2.05) is 0 Å². The topological polar surface area (TPSA) is 93.5 Å². The minimum absolute atomic E-state index is 0.00649. The molecule has 1 aromatic heterocycles. The SMILES string of the molecule is COC(C)(C)O[C@@H]1C[C@@H](CO)S[C@H]1n1ccc(=O)[nH]c1=O. The fraction of sp³-hybridized carbons (Fsp3) is 0.692. The number of hydrogen-bond donors (Lipinski definition) is 2. The van der Waals surface area contributed by atoms with Crippen LogP contribution in [-0.2, 0) is 9.47 Å². The molecule has 1 fully saturated rings. The van der Waals surface area contributed by atoms with E-state index in [4.69, 9.17) is 9.47 Å². The van der Waals surface area contributed by atoms with Crippen molar-refractivity contribution in [2.45, 2.75) is 42.8 Å². The van der Waals surface area contributed by atoms with E-state index in [9.17, 15) is 14.7 Å². The van der Waals surface area contributed by atoms with Crippen LogP contribution in [0.2, 0.25) is 0 Å². The Morgan fingerprint density at radius 3 is 2.81 bits per heavy atom. The van der Waals surface area contributed by atoms with E-state index in [0.29, 0.717) is 6.42 Å². The third-order valence-electron chi connectivity index (χ3n) is 3.40. The maximum Gasteiger partial charge on any atom is 0.329 e. The molecule has 0 spiro atoms. The van der Waals surface area contributed by atoms with Gasteiger partial charge in [0.1, 0.15) is 5.37 Å². The maximum absolute atomic E-state index is 11.9. The van der Waals surface area contributed by atoms with Crippen molar-refractivity contribution < 1.29 is 14.6 Å².